The third kappa shape index (κ3) is 3.53. The van der Waals surface area contributed by atoms with E-state index >= 15 is 0 Å². The van der Waals surface area contributed by atoms with Crippen LogP contribution in [-0.4, -0.2) is 12.5 Å². The molecular weight excluding hydrogens is 138 g/mol. The predicted molar refractivity (Wildman–Crippen MR) is 36.5 cm³/mol. The van der Waals surface area contributed by atoms with E-state index in [0.29, 0.717) is 5.57 Å². The fraction of sp³-hybridized carbons (Fsp3) is 0.667. The van der Waals surface area contributed by atoms with Crippen molar-refractivity contribution in [2.24, 2.45) is 5.84 Å². The van der Waals surface area contributed by atoms with Gasteiger partial charge in [0, 0.05) is 0 Å². The molecule has 0 aromatic heterocycles. The van der Waals surface area contributed by atoms with Gasteiger partial charge < -0.3 is 0 Å². The number of hydrogen-bond acceptors (Lipinski definition) is 2. The maximum Gasteiger partial charge on any atom is 0.255 e. The number of nitrogens with one attached hydrogen (secondary N) is 1. The summed E-state index contributed by atoms with van der Waals surface area (Å²) in [4.78, 5) is 0. The van der Waals surface area contributed by atoms with E-state index in [2.05, 4.69) is 6.58 Å². The normalized spacial score (nSPS) is 13.7. The lowest BCUT2D eigenvalue weighted by Crippen LogP contribution is -2.40. The summed E-state index contributed by atoms with van der Waals surface area (Å²) in [6.45, 7) is 5.18. The van der Waals surface area contributed by atoms with E-state index in [1.807, 2.05) is 5.43 Å². The Morgan fingerprint density at radius 3 is 2.30 bits per heavy atom. The summed E-state index contributed by atoms with van der Waals surface area (Å²) in [5.41, 5.74) is 2.72. The lowest BCUT2D eigenvalue weighted by molar-refractivity contribution is 0.0984. The Morgan fingerprint density at radius 1 is 1.70 bits per heavy atom. The van der Waals surface area contributed by atoms with Gasteiger partial charge in [-0.25, -0.2) is 8.78 Å². The molecule has 4 heteroatoms. The van der Waals surface area contributed by atoms with Crippen molar-refractivity contribution in [3.63, 3.8) is 0 Å². The van der Waals surface area contributed by atoms with Crippen LogP contribution in [0.15, 0.2) is 12.2 Å². The van der Waals surface area contributed by atoms with Gasteiger partial charge in [0.1, 0.15) is 0 Å². The van der Waals surface area contributed by atoms with Crippen molar-refractivity contribution in [3.05, 3.63) is 12.2 Å². The molecule has 0 fully saturated rings. The highest BCUT2D eigenvalue weighted by Gasteiger charge is 2.17. The van der Waals surface area contributed by atoms with Crippen LogP contribution in [-0.2, 0) is 0 Å². The Morgan fingerprint density at radius 2 is 2.20 bits per heavy atom. The van der Waals surface area contributed by atoms with E-state index < -0.39 is 12.5 Å². The third-order valence-corrected chi connectivity index (χ3v) is 1.09. The largest absolute Gasteiger partial charge is 0.271 e. The molecule has 0 saturated heterocycles. The first-order valence-corrected chi connectivity index (χ1v) is 2.96. The molecular formula is C6H12F2N2. The first kappa shape index (κ1) is 9.52. The SMILES string of the molecule is C=C(C)CC(NN)C(F)F. The van der Waals surface area contributed by atoms with Crippen LogP contribution < -0.4 is 11.3 Å². The highest BCUT2D eigenvalue weighted by atomic mass is 19.3. The van der Waals surface area contributed by atoms with Gasteiger partial charge in [0.15, 0.2) is 0 Å². The van der Waals surface area contributed by atoms with Crippen LogP contribution in [0.4, 0.5) is 8.78 Å². The molecule has 1 atom stereocenters. The van der Waals surface area contributed by atoms with Crippen molar-refractivity contribution < 1.29 is 8.78 Å². The Hall–Kier alpha value is -0.480. The average molecular weight is 150 g/mol. The first-order valence-electron chi connectivity index (χ1n) is 2.96. The van der Waals surface area contributed by atoms with E-state index in [1.54, 1.807) is 6.92 Å². The molecule has 0 saturated carbocycles. The van der Waals surface area contributed by atoms with Crippen LogP contribution in [0.5, 0.6) is 0 Å². The number of rotatable bonds is 4. The Balaban J connectivity index is 3.71. The van der Waals surface area contributed by atoms with Crippen molar-refractivity contribution >= 4 is 0 Å². The summed E-state index contributed by atoms with van der Waals surface area (Å²) in [5, 5.41) is 0. The fourth-order valence-electron chi connectivity index (χ4n) is 0.596. The second-order valence-electron chi connectivity index (χ2n) is 2.27. The smallest absolute Gasteiger partial charge is 0.255 e. The van der Waals surface area contributed by atoms with Crippen LogP contribution in [0.2, 0.25) is 0 Å². The Labute approximate surface area is 59.1 Å². The summed E-state index contributed by atoms with van der Waals surface area (Å²) in [7, 11) is 0. The average Bonchev–Trinajstić information content (AvgIpc) is 1.81. The summed E-state index contributed by atoms with van der Waals surface area (Å²) in [5.74, 6) is 4.85. The summed E-state index contributed by atoms with van der Waals surface area (Å²) in [6, 6.07) is -0.961. The van der Waals surface area contributed by atoms with Gasteiger partial charge in [-0.05, 0) is 13.3 Å². The maximum atomic E-state index is 11.9. The monoisotopic (exact) mass is 150 g/mol. The minimum Gasteiger partial charge on any atom is -0.271 e. The number of alkyl halides is 2. The maximum absolute atomic E-state index is 11.9. The predicted octanol–water partition coefficient (Wildman–Crippen LogP) is 1.05. The zero-order chi connectivity index (χ0) is 8.15. The molecule has 10 heavy (non-hydrogen) atoms. The minimum atomic E-state index is -2.43. The van der Waals surface area contributed by atoms with Crippen molar-refractivity contribution in [1.29, 1.82) is 0 Å². The van der Waals surface area contributed by atoms with Gasteiger partial charge in [-0.3, -0.25) is 11.3 Å². The Kier molecular flexibility index (Phi) is 4.14. The molecule has 0 bridgehead atoms. The van der Waals surface area contributed by atoms with E-state index in [9.17, 15) is 8.78 Å². The summed E-state index contributed by atoms with van der Waals surface area (Å²) < 4.78 is 23.8. The van der Waals surface area contributed by atoms with E-state index in [1.165, 1.54) is 0 Å². The highest BCUT2D eigenvalue weighted by Crippen LogP contribution is 2.08. The summed E-state index contributed by atoms with van der Waals surface area (Å²) in [6.07, 6.45) is -2.21. The van der Waals surface area contributed by atoms with Gasteiger partial charge >= 0.3 is 0 Å². The zero-order valence-corrected chi connectivity index (χ0v) is 5.90. The van der Waals surface area contributed by atoms with Crippen molar-refractivity contribution in [2.75, 3.05) is 0 Å². The van der Waals surface area contributed by atoms with Gasteiger partial charge in [0.2, 0.25) is 0 Å². The molecule has 0 aliphatic carbocycles. The van der Waals surface area contributed by atoms with Crippen molar-refractivity contribution in [3.8, 4) is 0 Å². The van der Waals surface area contributed by atoms with Crippen LogP contribution in [0.1, 0.15) is 13.3 Å². The Bertz CT molecular complexity index is 114. The van der Waals surface area contributed by atoms with E-state index in [4.69, 9.17) is 5.84 Å². The molecule has 0 heterocycles. The highest BCUT2D eigenvalue weighted by molar-refractivity contribution is 4.93. The molecule has 1 unspecified atom stereocenters. The first-order chi connectivity index (χ1) is 4.57. The number of hydrazine groups is 1. The molecule has 0 aliphatic heterocycles. The van der Waals surface area contributed by atoms with E-state index in [0.717, 1.165) is 0 Å². The van der Waals surface area contributed by atoms with Crippen LogP contribution in [0, 0.1) is 0 Å². The molecule has 0 radical (unpaired) electrons. The molecule has 0 rings (SSSR count). The second-order valence-corrected chi connectivity index (χ2v) is 2.27. The lowest BCUT2D eigenvalue weighted by Gasteiger charge is -2.13. The van der Waals surface area contributed by atoms with Crippen molar-refractivity contribution in [1.82, 2.24) is 5.43 Å². The topological polar surface area (TPSA) is 38.0 Å². The summed E-state index contributed by atoms with van der Waals surface area (Å²) >= 11 is 0. The molecule has 3 N–H and O–H groups in total. The number of hydrogen-bond donors (Lipinski definition) is 2. The number of nitrogens with two attached hydrogens (primary N) is 1. The lowest BCUT2D eigenvalue weighted by atomic mass is 10.1. The van der Waals surface area contributed by atoms with Crippen LogP contribution in [0.25, 0.3) is 0 Å². The van der Waals surface area contributed by atoms with Crippen molar-refractivity contribution in [2.45, 2.75) is 25.8 Å². The van der Waals surface area contributed by atoms with Gasteiger partial charge in [-0.2, -0.15) is 0 Å². The van der Waals surface area contributed by atoms with Gasteiger partial charge in [-0.1, -0.05) is 5.57 Å². The van der Waals surface area contributed by atoms with Crippen LogP contribution >= 0.6 is 0 Å². The van der Waals surface area contributed by atoms with Gasteiger partial charge in [0.05, 0.1) is 6.04 Å². The molecule has 0 aliphatic rings. The molecule has 60 valence electrons. The van der Waals surface area contributed by atoms with E-state index in [-0.39, 0.29) is 6.42 Å². The molecule has 0 amide bonds. The minimum absolute atomic E-state index is 0.216. The second kappa shape index (κ2) is 4.35. The van der Waals surface area contributed by atoms with Gasteiger partial charge in [0.25, 0.3) is 6.43 Å². The quantitative estimate of drug-likeness (QED) is 0.357. The molecule has 0 aromatic carbocycles. The standard InChI is InChI=1S/C6H12F2N2/c1-4(2)3-5(10-9)6(7)8/h5-6,10H,1,3,9H2,2H3. The third-order valence-electron chi connectivity index (χ3n) is 1.09. The van der Waals surface area contributed by atoms with Gasteiger partial charge in [-0.15, -0.1) is 6.58 Å². The number of halogens is 2. The molecule has 0 spiro atoms. The molecule has 2 nitrogen and oxygen atoms in total. The zero-order valence-electron chi connectivity index (χ0n) is 5.90. The fourth-order valence-corrected chi connectivity index (χ4v) is 0.596. The molecule has 0 aromatic rings. The van der Waals surface area contributed by atoms with Crippen LogP contribution in [0.3, 0.4) is 0 Å².